The van der Waals surface area contributed by atoms with Crippen LogP contribution in [-0.2, 0) is 10.0 Å². The normalized spacial score (nSPS) is 11.4. The maximum Gasteiger partial charge on any atom is 0.265 e. The van der Waals surface area contributed by atoms with Crippen LogP contribution in [0.4, 0.5) is 17.8 Å². The molecule has 0 radical (unpaired) electrons. The predicted octanol–water partition coefficient (Wildman–Crippen LogP) is 1.80. The summed E-state index contributed by atoms with van der Waals surface area (Å²) in [5.41, 5.74) is 10.7. The SMILES string of the molecule is Nc1nc(N)nc(NS(=O)(=O)c2cc(Cl)c(Cl)cc2Cl)n1. The van der Waals surface area contributed by atoms with Crippen LogP contribution in [0.25, 0.3) is 0 Å². The fourth-order valence-electron chi connectivity index (χ4n) is 1.34. The predicted molar refractivity (Wildman–Crippen MR) is 80.9 cm³/mol. The summed E-state index contributed by atoms with van der Waals surface area (Å²) in [7, 11) is -4.11. The monoisotopic (exact) mass is 368 g/mol. The van der Waals surface area contributed by atoms with Gasteiger partial charge in [0.05, 0.1) is 15.1 Å². The van der Waals surface area contributed by atoms with E-state index in [1.807, 2.05) is 0 Å². The van der Waals surface area contributed by atoms with Crippen molar-refractivity contribution in [3.63, 3.8) is 0 Å². The highest BCUT2D eigenvalue weighted by Crippen LogP contribution is 2.32. The first-order chi connectivity index (χ1) is 9.69. The lowest BCUT2D eigenvalue weighted by Crippen LogP contribution is -2.17. The Hall–Kier alpha value is -1.55. The maximum atomic E-state index is 12.2. The number of halogens is 3. The number of nitrogens with one attached hydrogen (secondary N) is 1. The minimum absolute atomic E-state index is 0.0242. The van der Waals surface area contributed by atoms with Crippen molar-refractivity contribution in [2.45, 2.75) is 4.90 Å². The number of aromatic nitrogens is 3. The van der Waals surface area contributed by atoms with Gasteiger partial charge in [0, 0.05) is 0 Å². The molecule has 1 aromatic carbocycles. The van der Waals surface area contributed by atoms with Crippen LogP contribution >= 0.6 is 34.8 Å². The Balaban J connectivity index is 2.45. The number of sulfonamides is 1. The number of hydrogen-bond acceptors (Lipinski definition) is 7. The lowest BCUT2D eigenvalue weighted by molar-refractivity contribution is 0.601. The third kappa shape index (κ3) is 3.56. The molecule has 112 valence electrons. The van der Waals surface area contributed by atoms with E-state index in [0.717, 1.165) is 6.07 Å². The number of nitrogens with zero attached hydrogens (tertiary/aromatic N) is 3. The molecule has 2 aromatic rings. The molecule has 21 heavy (non-hydrogen) atoms. The zero-order valence-corrected chi connectivity index (χ0v) is 13.1. The first kappa shape index (κ1) is 15.8. The van der Waals surface area contributed by atoms with Gasteiger partial charge in [-0.15, -0.1) is 0 Å². The molecule has 0 aliphatic heterocycles. The van der Waals surface area contributed by atoms with E-state index in [-0.39, 0.29) is 37.8 Å². The molecular weight excluding hydrogens is 363 g/mol. The summed E-state index contributed by atoms with van der Waals surface area (Å²) < 4.78 is 26.5. The Labute approximate surface area is 134 Å². The summed E-state index contributed by atoms with van der Waals surface area (Å²) >= 11 is 17.4. The van der Waals surface area contributed by atoms with Crippen LogP contribution in [-0.4, -0.2) is 23.4 Å². The largest absolute Gasteiger partial charge is 0.368 e. The molecule has 12 heteroatoms. The lowest BCUT2D eigenvalue weighted by Gasteiger charge is -2.09. The molecule has 0 fully saturated rings. The zero-order valence-electron chi connectivity index (χ0n) is 10.0. The van der Waals surface area contributed by atoms with Gasteiger partial charge in [0.1, 0.15) is 4.90 Å². The van der Waals surface area contributed by atoms with E-state index in [4.69, 9.17) is 46.3 Å². The van der Waals surface area contributed by atoms with Gasteiger partial charge >= 0.3 is 0 Å². The van der Waals surface area contributed by atoms with E-state index in [0.29, 0.717) is 0 Å². The number of nitrogen functional groups attached to an aromatic ring is 2. The van der Waals surface area contributed by atoms with Crippen molar-refractivity contribution in [3.8, 4) is 0 Å². The summed E-state index contributed by atoms with van der Waals surface area (Å²) in [6.07, 6.45) is 0. The molecule has 0 aliphatic rings. The number of hydrogen-bond donors (Lipinski definition) is 3. The summed E-state index contributed by atoms with van der Waals surface area (Å²) in [5, 5.41) is 0.0253. The number of nitrogens with two attached hydrogens (primary N) is 2. The number of benzene rings is 1. The van der Waals surface area contributed by atoms with Gasteiger partial charge < -0.3 is 11.5 Å². The van der Waals surface area contributed by atoms with E-state index in [1.54, 1.807) is 0 Å². The molecule has 0 atom stereocenters. The van der Waals surface area contributed by atoms with E-state index in [2.05, 4.69) is 19.7 Å². The topological polar surface area (TPSA) is 137 Å². The maximum absolute atomic E-state index is 12.2. The van der Waals surface area contributed by atoms with E-state index in [1.165, 1.54) is 6.07 Å². The van der Waals surface area contributed by atoms with Crippen LogP contribution in [0.5, 0.6) is 0 Å². The molecule has 1 heterocycles. The highest BCUT2D eigenvalue weighted by Gasteiger charge is 2.21. The van der Waals surface area contributed by atoms with Crippen LogP contribution in [0.1, 0.15) is 0 Å². The van der Waals surface area contributed by atoms with Crippen molar-refractivity contribution in [1.29, 1.82) is 0 Å². The van der Waals surface area contributed by atoms with Crippen molar-refractivity contribution in [2.24, 2.45) is 0 Å². The van der Waals surface area contributed by atoms with Crippen LogP contribution in [0.2, 0.25) is 15.1 Å². The molecule has 0 spiro atoms. The highest BCUT2D eigenvalue weighted by molar-refractivity contribution is 7.92. The highest BCUT2D eigenvalue weighted by atomic mass is 35.5. The molecule has 2 rings (SSSR count). The van der Waals surface area contributed by atoms with Gasteiger partial charge in [-0.3, -0.25) is 0 Å². The van der Waals surface area contributed by atoms with Gasteiger partial charge in [-0.05, 0) is 12.1 Å². The smallest absolute Gasteiger partial charge is 0.265 e. The van der Waals surface area contributed by atoms with E-state index in [9.17, 15) is 8.42 Å². The quantitative estimate of drug-likeness (QED) is 0.701. The summed E-state index contributed by atoms with van der Waals surface area (Å²) in [6.45, 7) is 0. The molecule has 0 aliphatic carbocycles. The first-order valence-corrected chi connectivity index (χ1v) is 7.75. The summed E-state index contributed by atoms with van der Waals surface area (Å²) in [5.74, 6) is -0.817. The molecule has 0 bridgehead atoms. The van der Waals surface area contributed by atoms with Crippen LogP contribution in [0.3, 0.4) is 0 Å². The molecule has 0 saturated heterocycles. The van der Waals surface area contributed by atoms with Crippen molar-refractivity contribution < 1.29 is 8.42 Å². The van der Waals surface area contributed by atoms with Crippen LogP contribution in [0, 0.1) is 0 Å². The third-order valence-electron chi connectivity index (χ3n) is 2.16. The standard InChI is InChI=1S/C9H7Cl3N6O2S/c10-3-1-5(12)6(2-4(3)11)21(19,20)18-9-16-7(13)15-8(14)17-9/h1-2H,(H5,13,14,15,16,17,18). The summed E-state index contributed by atoms with van der Waals surface area (Å²) in [4.78, 5) is 10.4. The molecule has 0 saturated carbocycles. The van der Waals surface area contributed by atoms with Crippen molar-refractivity contribution in [1.82, 2.24) is 15.0 Å². The first-order valence-electron chi connectivity index (χ1n) is 5.13. The Morgan fingerprint density at radius 3 is 2.00 bits per heavy atom. The van der Waals surface area contributed by atoms with Gasteiger partial charge in [-0.25, -0.2) is 13.1 Å². The second-order valence-electron chi connectivity index (χ2n) is 3.68. The van der Waals surface area contributed by atoms with Crippen molar-refractivity contribution in [3.05, 3.63) is 27.2 Å². The Kier molecular flexibility index (Phi) is 4.28. The van der Waals surface area contributed by atoms with Gasteiger partial charge in [-0.1, -0.05) is 34.8 Å². The summed E-state index contributed by atoms with van der Waals surface area (Å²) in [6, 6.07) is 2.30. The molecule has 5 N–H and O–H groups in total. The second-order valence-corrected chi connectivity index (χ2v) is 6.55. The molecular formula is C9H7Cl3N6O2S. The second kappa shape index (κ2) is 5.68. The average Bonchev–Trinajstić information content (AvgIpc) is 2.31. The zero-order chi connectivity index (χ0) is 15.8. The van der Waals surface area contributed by atoms with Gasteiger partial charge in [0.2, 0.25) is 17.8 Å². The fraction of sp³-hybridized carbons (Fsp3) is 0. The van der Waals surface area contributed by atoms with Gasteiger partial charge in [0.25, 0.3) is 10.0 Å². The van der Waals surface area contributed by atoms with Crippen molar-refractivity contribution in [2.75, 3.05) is 16.2 Å². The van der Waals surface area contributed by atoms with Gasteiger partial charge in [0.15, 0.2) is 0 Å². The minimum Gasteiger partial charge on any atom is -0.368 e. The fourth-order valence-corrected chi connectivity index (χ4v) is 3.29. The van der Waals surface area contributed by atoms with Crippen LogP contribution < -0.4 is 16.2 Å². The third-order valence-corrected chi connectivity index (χ3v) is 4.67. The van der Waals surface area contributed by atoms with Crippen molar-refractivity contribution >= 4 is 62.7 Å². The minimum atomic E-state index is -4.11. The average molecular weight is 370 g/mol. The van der Waals surface area contributed by atoms with E-state index < -0.39 is 10.0 Å². The Bertz CT molecular complexity index is 793. The molecule has 0 amide bonds. The number of anilines is 3. The molecule has 0 unspecified atom stereocenters. The van der Waals surface area contributed by atoms with Crippen LogP contribution in [0.15, 0.2) is 17.0 Å². The number of rotatable bonds is 3. The van der Waals surface area contributed by atoms with Gasteiger partial charge in [-0.2, -0.15) is 15.0 Å². The molecule has 1 aromatic heterocycles. The molecule has 8 nitrogen and oxygen atoms in total. The Morgan fingerprint density at radius 1 is 0.905 bits per heavy atom. The van der Waals surface area contributed by atoms with E-state index >= 15 is 0 Å². The lowest BCUT2D eigenvalue weighted by atomic mass is 10.4. The Morgan fingerprint density at radius 2 is 1.43 bits per heavy atom.